The van der Waals surface area contributed by atoms with Gasteiger partial charge in [0, 0.05) is 54.3 Å². The Morgan fingerprint density at radius 2 is 2.04 bits per heavy atom. The first-order valence-electron chi connectivity index (χ1n) is 10.4. The molecule has 3 heterocycles. The van der Waals surface area contributed by atoms with E-state index >= 15 is 0 Å². The largest absolute Gasteiger partial charge is 0.358 e. The Morgan fingerprint density at radius 3 is 2.89 bits per heavy atom. The van der Waals surface area contributed by atoms with Crippen molar-refractivity contribution in [1.29, 1.82) is 0 Å². The number of para-hydroxylation sites is 1. The van der Waals surface area contributed by atoms with Crippen molar-refractivity contribution in [2.45, 2.75) is 59.0 Å². The van der Waals surface area contributed by atoms with E-state index in [-0.39, 0.29) is 0 Å². The maximum Gasteiger partial charge on any atom is 0.237 e. The molecule has 1 saturated heterocycles. The second-order valence-electron chi connectivity index (χ2n) is 10.3. The molecule has 2 fully saturated rings. The molecule has 1 aliphatic carbocycles. The van der Waals surface area contributed by atoms with Crippen LogP contribution in [0.1, 0.15) is 51.3 Å². The van der Waals surface area contributed by atoms with E-state index in [0.29, 0.717) is 29.3 Å². The zero-order valence-electron chi connectivity index (χ0n) is 16.8. The van der Waals surface area contributed by atoms with Crippen LogP contribution in [0.25, 0.3) is 10.9 Å². The molecule has 4 nitrogen and oxygen atoms in total. The highest BCUT2D eigenvalue weighted by molar-refractivity contribution is 5.86. The summed E-state index contributed by atoms with van der Waals surface area (Å²) in [5, 5.41) is 1.27. The number of likely N-dealkylation sites (tertiary alicyclic amines) is 1. The van der Waals surface area contributed by atoms with Crippen LogP contribution in [0.5, 0.6) is 0 Å². The Kier molecular flexibility index (Phi) is 3.74. The molecule has 3 aliphatic rings. The molecule has 5 rings (SSSR count). The summed E-state index contributed by atoms with van der Waals surface area (Å²) >= 11 is 0. The van der Waals surface area contributed by atoms with E-state index < -0.39 is 0 Å². The Morgan fingerprint density at radius 1 is 1.22 bits per heavy atom. The number of fused-ring (bicyclic) bond motifs is 5. The number of aromatic amines is 1. The van der Waals surface area contributed by atoms with Gasteiger partial charge in [0.05, 0.1) is 6.54 Å². The van der Waals surface area contributed by atoms with Crippen LogP contribution in [-0.4, -0.2) is 46.4 Å². The molecule has 1 aromatic heterocycles. The molecule has 1 amide bonds. The normalized spacial score (nSPS) is 29.9. The molecule has 4 heteroatoms. The SMILES string of the molecule is CC1(C)C[C@H]2C[C@@](C)(CN2CC(=O)N2CCc3[nH]c4ccccc4c3C2)C1. The molecule has 0 spiro atoms. The van der Waals surface area contributed by atoms with Crippen LogP contribution in [0.2, 0.25) is 0 Å². The van der Waals surface area contributed by atoms with Gasteiger partial charge in [0.2, 0.25) is 5.91 Å². The molecule has 2 bridgehead atoms. The summed E-state index contributed by atoms with van der Waals surface area (Å²) in [6, 6.07) is 9.04. The van der Waals surface area contributed by atoms with E-state index in [1.807, 2.05) is 0 Å². The summed E-state index contributed by atoms with van der Waals surface area (Å²) in [6.07, 6.45) is 4.70. The second-order valence-corrected chi connectivity index (χ2v) is 10.3. The fourth-order valence-corrected chi connectivity index (χ4v) is 6.41. The van der Waals surface area contributed by atoms with Crippen molar-refractivity contribution in [2.75, 3.05) is 19.6 Å². The minimum absolute atomic E-state index is 0.305. The zero-order chi connectivity index (χ0) is 18.8. The van der Waals surface area contributed by atoms with E-state index in [0.717, 1.165) is 26.1 Å². The molecule has 2 aliphatic heterocycles. The average molecular weight is 366 g/mol. The minimum Gasteiger partial charge on any atom is -0.358 e. The number of H-pyrrole nitrogens is 1. The Bertz CT molecular complexity index is 898. The molecule has 2 atom stereocenters. The van der Waals surface area contributed by atoms with E-state index in [1.54, 1.807) is 0 Å². The number of hydrogen-bond donors (Lipinski definition) is 1. The number of benzene rings is 1. The molecule has 1 aromatic carbocycles. The van der Waals surface area contributed by atoms with Gasteiger partial charge in [-0.25, -0.2) is 0 Å². The lowest BCUT2D eigenvalue weighted by molar-refractivity contribution is -0.133. The van der Waals surface area contributed by atoms with Gasteiger partial charge in [0.25, 0.3) is 0 Å². The predicted molar refractivity (Wildman–Crippen MR) is 109 cm³/mol. The lowest BCUT2D eigenvalue weighted by Crippen LogP contribution is -2.44. The third-order valence-corrected chi connectivity index (χ3v) is 7.10. The number of rotatable bonds is 2. The molecule has 27 heavy (non-hydrogen) atoms. The maximum absolute atomic E-state index is 13.2. The first-order chi connectivity index (χ1) is 12.8. The van der Waals surface area contributed by atoms with Crippen molar-refractivity contribution < 1.29 is 4.79 Å². The highest BCUT2D eigenvalue weighted by atomic mass is 16.2. The number of carbonyl (C=O) groups excluding carboxylic acids is 1. The second kappa shape index (κ2) is 5.84. The monoisotopic (exact) mass is 365 g/mol. The van der Waals surface area contributed by atoms with Crippen LogP contribution in [0.4, 0.5) is 0 Å². The van der Waals surface area contributed by atoms with E-state index in [1.165, 1.54) is 41.4 Å². The quantitative estimate of drug-likeness (QED) is 0.875. The predicted octanol–water partition coefficient (Wildman–Crippen LogP) is 3.95. The topological polar surface area (TPSA) is 39.3 Å². The molecule has 0 radical (unpaired) electrons. The van der Waals surface area contributed by atoms with Crippen molar-refractivity contribution in [3.8, 4) is 0 Å². The Balaban J connectivity index is 1.31. The Labute approximate surface area is 161 Å². The third kappa shape index (κ3) is 2.98. The average Bonchev–Trinajstić information content (AvgIpc) is 3.07. The summed E-state index contributed by atoms with van der Waals surface area (Å²) in [4.78, 5) is 21.3. The van der Waals surface area contributed by atoms with E-state index in [2.05, 4.69) is 59.8 Å². The van der Waals surface area contributed by atoms with Gasteiger partial charge in [-0.3, -0.25) is 9.69 Å². The number of hydrogen-bond acceptors (Lipinski definition) is 2. The minimum atomic E-state index is 0.305. The summed E-state index contributed by atoms with van der Waals surface area (Å²) in [7, 11) is 0. The number of nitrogens with one attached hydrogen (secondary N) is 1. The summed E-state index contributed by atoms with van der Waals surface area (Å²) < 4.78 is 0. The van der Waals surface area contributed by atoms with Gasteiger partial charge in [-0.2, -0.15) is 0 Å². The zero-order valence-corrected chi connectivity index (χ0v) is 16.8. The molecule has 1 saturated carbocycles. The lowest BCUT2D eigenvalue weighted by Gasteiger charge is -2.40. The molecular weight excluding hydrogens is 334 g/mol. The van der Waals surface area contributed by atoms with Crippen LogP contribution in [-0.2, 0) is 17.8 Å². The van der Waals surface area contributed by atoms with Gasteiger partial charge in [-0.1, -0.05) is 39.0 Å². The van der Waals surface area contributed by atoms with E-state index in [9.17, 15) is 4.79 Å². The number of carbonyl (C=O) groups is 1. The molecule has 1 N–H and O–H groups in total. The summed E-state index contributed by atoms with van der Waals surface area (Å²) in [6.45, 7) is 10.5. The van der Waals surface area contributed by atoms with Crippen LogP contribution in [0.15, 0.2) is 24.3 Å². The highest BCUT2D eigenvalue weighted by Gasteiger charge is 2.49. The first kappa shape index (κ1) is 17.3. The molecule has 2 aromatic rings. The van der Waals surface area contributed by atoms with E-state index in [4.69, 9.17) is 0 Å². The lowest BCUT2D eigenvalue weighted by atomic mass is 9.65. The van der Waals surface area contributed by atoms with Crippen molar-refractivity contribution in [3.63, 3.8) is 0 Å². The van der Waals surface area contributed by atoms with Crippen molar-refractivity contribution in [1.82, 2.24) is 14.8 Å². The summed E-state index contributed by atoms with van der Waals surface area (Å²) in [5.41, 5.74) is 4.61. The highest BCUT2D eigenvalue weighted by Crippen LogP contribution is 2.52. The maximum atomic E-state index is 13.2. The third-order valence-electron chi connectivity index (χ3n) is 7.10. The van der Waals surface area contributed by atoms with Crippen molar-refractivity contribution in [3.05, 3.63) is 35.5 Å². The van der Waals surface area contributed by atoms with Crippen LogP contribution in [0.3, 0.4) is 0 Å². The van der Waals surface area contributed by atoms with Gasteiger partial charge in [0.15, 0.2) is 0 Å². The first-order valence-corrected chi connectivity index (χ1v) is 10.4. The number of aromatic nitrogens is 1. The fourth-order valence-electron chi connectivity index (χ4n) is 6.41. The number of nitrogens with zero attached hydrogens (tertiary/aromatic N) is 2. The van der Waals surface area contributed by atoms with Crippen LogP contribution < -0.4 is 0 Å². The molecule has 0 unspecified atom stereocenters. The van der Waals surface area contributed by atoms with Crippen LogP contribution >= 0.6 is 0 Å². The van der Waals surface area contributed by atoms with Gasteiger partial charge >= 0.3 is 0 Å². The van der Waals surface area contributed by atoms with Gasteiger partial charge in [-0.15, -0.1) is 0 Å². The van der Waals surface area contributed by atoms with Crippen molar-refractivity contribution in [2.24, 2.45) is 10.8 Å². The Hall–Kier alpha value is -1.81. The fraction of sp³-hybridized carbons (Fsp3) is 0.609. The molecule has 144 valence electrons. The van der Waals surface area contributed by atoms with Crippen LogP contribution in [0, 0.1) is 10.8 Å². The van der Waals surface area contributed by atoms with Gasteiger partial charge in [-0.05, 0) is 36.2 Å². The van der Waals surface area contributed by atoms with Gasteiger partial charge < -0.3 is 9.88 Å². The van der Waals surface area contributed by atoms with Gasteiger partial charge in [0.1, 0.15) is 0 Å². The smallest absolute Gasteiger partial charge is 0.237 e. The molecular formula is C23H31N3O. The number of amides is 1. The summed E-state index contributed by atoms with van der Waals surface area (Å²) in [5.74, 6) is 0.305. The standard InChI is InChI=1S/C23H31N3O/c1-22(2)10-16-11-23(3,14-22)15-26(16)13-21(27)25-9-8-20-18(12-25)17-6-4-5-7-19(17)24-20/h4-7,16,24H,8-15H2,1-3H3/t16-,23+/m0/s1. The van der Waals surface area contributed by atoms with Crippen molar-refractivity contribution >= 4 is 16.8 Å².